The summed E-state index contributed by atoms with van der Waals surface area (Å²) < 4.78 is 33.2. The molecular weight excluding hydrogens is 272 g/mol. The van der Waals surface area contributed by atoms with E-state index in [2.05, 4.69) is 5.32 Å². The fraction of sp³-hybridized carbons (Fsp3) is 0.294. The predicted molar refractivity (Wildman–Crippen MR) is 80.9 cm³/mol. The van der Waals surface area contributed by atoms with Crippen LogP contribution in [0.3, 0.4) is 0 Å². The van der Waals surface area contributed by atoms with Crippen molar-refractivity contribution in [2.75, 3.05) is 12.4 Å². The van der Waals surface area contributed by atoms with Crippen LogP contribution in [0.15, 0.2) is 30.3 Å². The van der Waals surface area contributed by atoms with Crippen LogP contribution in [0, 0.1) is 25.5 Å². The summed E-state index contributed by atoms with van der Waals surface area (Å²) in [4.78, 5) is 0. The van der Waals surface area contributed by atoms with Crippen LogP contribution >= 0.6 is 0 Å². The van der Waals surface area contributed by atoms with Gasteiger partial charge in [-0.25, -0.2) is 8.78 Å². The maximum atomic E-state index is 14.1. The summed E-state index contributed by atoms with van der Waals surface area (Å²) >= 11 is 0. The first kappa shape index (κ1) is 15.3. The normalized spacial score (nSPS) is 12.1. The van der Waals surface area contributed by atoms with Crippen LogP contribution in [0.1, 0.15) is 29.7 Å². The number of halogens is 2. The minimum absolute atomic E-state index is 0.106. The van der Waals surface area contributed by atoms with Crippen molar-refractivity contribution in [3.63, 3.8) is 0 Å². The summed E-state index contributed by atoms with van der Waals surface area (Å²) in [6.45, 7) is 5.41. The van der Waals surface area contributed by atoms with Crippen LogP contribution in [0.5, 0.6) is 5.75 Å². The molecule has 1 atom stereocenters. The summed E-state index contributed by atoms with van der Waals surface area (Å²) in [5.74, 6) is -0.465. The van der Waals surface area contributed by atoms with E-state index in [1.165, 1.54) is 12.1 Å². The van der Waals surface area contributed by atoms with Crippen molar-refractivity contribution >= 4 is 5.69 Å². The third-order valence-electron chi connectivity index (χ3n) is 3.50. The lowest BCUT2D eigenvalue weighted by atomic mass is 10.0. The van der Waals surface area contributed by atoms with E-state index in [9.17, 15) is 8.78 Å². The van der Waals surface area contributed by atoms with E-state index >= 15 is 0 Å². The number of nitrogens with one attached hydrogen (secondary N) is 1. The zero-order chi connectivity index (χ0) is 15.6. The average molecular weight is 291 g/mol. The smallest absolute Gasteiger partial charge is 0.152 e. The van der Waals surface area contributed by atoms with Gasteiger partial charge >= 0.3 is 0 Å². The largest absolute Gasteiger partial charge is 0.496 e. The molecule has 2 aromatic rings. The minimum atomic E-state index is -0.601. The van der Waals surface area contributed by atoms with Gasteiger partial charge in [0.25, 0.3) is 0 Å². The molecule has 0 aliphatic rings. The molecule has 1 N–H and O–H groups in total. The van der Waals surface area contributed by atoms with Gasteiger partial charge in [0, 0.05) is 5.56 Å². The molecule has 21 heavy (non-hydrogen) atoms. The fourth-order valence-corrected chi connectivity index (χ4v) is 2.26. The Morgan fingerprint density at radius 1 is 1.10 bits per heavy atom. The molecular formula is C17H19F2NO. The second-order valence-corrected chi connectivity index (χ2v) is 5.16. The van der Waals surface area contributed by atoms with Crippen LogP contribution in [0.25, 0.3) is 0 Å². The topological polar surface area (TPSA) is 21.3 Å². The first-order chi connectivity index (χ1) is 9.93. The summed E-state index contributed by atoms with van der Waals surface area (Å²) in [6, 6.07) is 8.14. The van der Waals surface area contributed by atoms with Crippen molar-refractivity contribution in [3.05, 3.63) is 58.7 Å². The van der Waals surface area contributed by atoms with Crippen molar-refractivity contribution in [1.29, 1.82) is 0 Å². The van der Waals surface area contributed by atoms with E-state index in [1.807, 2.05) is 32.0 Å². The molecule has 0 aromatic heterocycles. The third-order valence-corrected chi connectivity index (χ3v) is 3.50. The van der Waals surface area contributed by atoms with Crippen molar-refractivity contribution in [3.8, 4) is 5.75 Å². The average Bonchev–Trinajstić information content (AvgIpc) is 2.47. The molecule has 0 heterocycles. The second-order valence-electron chi connectivity index (χ2n) is 5.16. The molecule has 0 radical (unpaired) electrons. The minimum Gasteiger partial charge on any atom is -0.496 e. The van der Waals surface area contributed by atoms with Gasteiger partial charge in [-0.1, -0.05) is 18.2 Å². The molecule has 0 saturated carbocycles. The van der Waals surface area contributed by atoms with Gasteiger partial charge in [0.05, 0.1) is 13.2 Å². The van der Waals surface area contributed by atoms with E-state index in [-0.39, 0.29) is 11.7 Å². The monoisotopic (exact) mass is 291 g/mol. The van der Waals surface area contributed by atoms with Crippen LogP contribution < -0.4 is 10.1 Å². The Hall–Kier alpha value is -2.10. The zero-order valence-electron chi connectivity index (χ0n) is 12.6. The highest BCUT2D eigenvalue weighted by atomic mass is 19.1. The number of ether oxygens (including phenoxy) is 1. The Kier molecular flexibility index (Phi) is 4.46. The highest BCUT2D eigenvalue weighted by Crippen LogP contribution is 2.31. The van der Waals surface area contributed by atoms with E-state index in [0.717, 1.165) is 11.1 Å². The molecule has 2 aromatic carbocycles. The fourth-order valence-electron chi connectivity index (χ4n) is 2.26. The second kappa shape index (κ2) is 6.12. The Labute approximate surface area is 123 Å². The standard InChI is InChI=1S/C17H19F2NO/c1-10-5-7-13(15(9-10)21-4)12(3)20-17-14(18)8-6-11(2)16(17)19/h5-9,12,20H,1-4H3. The van der Waals surface area contributed by atoms with Crippen LogP contribution in [0.4, 0.5) is 14.5 Å². The number of hydrogen-bond donors (Lipinski definition) is 1. The van der Waals surface area contributed by atoms with Crippen LogP contribution in [-0.2, 0) is 0 Å². The Bertz CT molecular complexity index is 655. The van der Waals surface area contributed by atoms with Crippen molar-refractivity contribution < 1.29 is 13.5 Å². The number of methoxy groups -OCH3 is 1. The summed E-state index contributed by atoms with van der Waals surface area (Å²) in [5, 5.41) is 2.90. The third kappa shape index (κ3) is 3.15. The first-order valence-corrected chi connectivity index (χ1v) is 6.79. The molecule has 112 valence electrons. The van der Waals surface area contributed by atoms with E-state index < -0.39 is 11.6 Å². The molecule has 1 unspecified atom stereocenters. The molecule has 4 heteroatoms. The van der Waals surface area contributed by atoms with E-state index in [4.69, 9.17) is 4.74 Å². The Morgan fingerprint density at radius 2 is 1.81 bits per heavy atom. The lowest BCUT2D eigenvalue weighted by molar-refractivity contribution is 0.407. The molecule has 0 aliphatic carbocycles. The molecule has 0 aliphatic heterocycles. The maximum Gasteiger partial charge on any atom is 0.152 e. The number of benzene rings is 2. The maximum absolute atomic E-state index is 14.1. The Morgan fingerprint density at radius 3 is 2.48 bits per heavy atom. The van der Waals surface area contributed by atoms with Crippen molar-refractivity contribution in [1.82, 2.24) is 0 Å². The summed E-state index contributed by atoms with van der Waals surface area (Å²) in [7, 11) is 1.58. The van der Waals surface area contributed by atoms with E-state index in [0.29, 0.717) is 11.3 Å². The van der Waals surface area contributed by atoms with E-state index in [1.54, 1.807) is 14.0 Å². The molecule has 0 amide bonds. The quantitative estimate of drug-likeness (QED) is 0.876. The number of hydrogen-bond acceptors (Lipinski definition) is 2. The van der Waals surface area contributed by atoms with Gasteiger partial charge in [-0.15, -0.1) is 0 Å². The van der Waals surface area contributed by atoms with Crippen LogP contribution in [0.2, 0.25) is 0 Å². The molecule has 0 fully saturated rings. The van der Waals surface area contributed by atoms with Gasteiger partial charge in [-0.05, 0) is 44.0 Å². The Balaban J connectivity index is 2.35. The predicted octanol–water partition coefficient (Wildman–Crippen LogP) is 4.76. The molecule has 0 saturated heterocycles. The van der Waals surface area contributed by atoms with Gasteiger partial charge in [0.15, 0.2) is 5.82 Å². The molecule has 0 bridgehead atoms. The summed E-state index contributed by atoms with van der Waals surface area (Å²) in [5.41, 5.74) is 2.21. The zero-order valence-corrected chi connectivity index (χ0v) is 12.6. The first-order valence-electron chi connectivity index (χ1n) is 6.79. The number of anilines is 1. The van der Waals surface area contributed by atoms with Gasteiger partial charge in [-0.2, -0.15) is 0 Å². The SMILES string of the molecule is COc1cc(C)ccc1C(C)Nc1c(F)ccc(C)c1F. The number of aryl methyl sites for hydroxylation is 2. The highest BCUT2D eigenvalue weighted by Gasteiger charge is 2.17. The van der Waals surface area contributed by atoms with Gasteiger partial charge in [0.1, 0.15) is 17.3 Å². The lowest BCUT2D eigenvalue weighted by Crippen LogP contribution is -2.11. The number of rotatable bonds is 4. The molecule has 2 nitrogen and oxygen atoms in total. The highest BCUT2D eigenvalue weighted by molar-refractivity contribution is 5.52. The molecule has 2 rings (SSSR count). The van der Waals surface area contributed by atoms with Gasteiger partial charge in [-0.3, -0.25) is 0 Å². The van der Waals surface area contributed by atoms with Crippen molar-refractivity contribution in [2.24, 2.45) is 0 Å². The lowest BCUT2D eigenvalue weighted by Gasteiger charge is -2.20. The summed E-state index contributed by atoms with van der Waals surface area (Å²) in [6.07, 6.45) is 0. The van der Waals surface area contributed by atoms with Crippen molar-refractivity contribution in [2.45, 2.75) is 26.8 Å². The molecule has 0 spiro atoms. The van der Waals surface area contributed by atoms with Gasteiger partial charge < -0.3 is 10.1 Å². The van der Waals surface area contributed by atoms with Crippen LogP contribution in [-0.4, -0.2) is 7.11 Å². The van der Waals surface area contributed by atoms with Gasteiger partial charge in [0.2, 0.25) is 0 Å².